The second kappa shape index (κ2) is 21.3. The smallest absolute Gasteiger partial charge is 0.164 e. The van der Waals surface area contributed by atoms with Gasteiger partial charge in [-0.1, -0.05) is 221 Å². The van der Waals surface area contributed by atoms with E-state index in [-0.39, 0.29) is 5.92 Å². The minimum Gasteiger partial charge on any atom is -0.456 e. The lowest BCUT2D eigenvalue weighted by Gasteiger charge is -2.22. The van der Waals surface area contributed by atoms with E-state index in [2.05, 4.69) is 191 Å². The first-order valence-corrected chi connectivity index (χ1v) is 25.6. The Balaban J connectivity index is 0.995. The number of aryl methyl sites for hydroxylation is 1. The first-order chi connectivity index (χ1) is 36.4. The zero-order valence-electron chi connectivity index (χ0n) is 42.0. The van der Waals surface area contributed by atoms with Gasteiger partial charge in [0.15, 0.2) is 17.5 Å². The molecular formula is C69H56N4O. The summed E-state index contributed by atoms with van der Waals surface area (Å²) in [5.74, 6) is 1.82. The van der Waals surface area contributed by atoms with Crippen LogP contribution in [0.1, 0.15) is 61.3 Å². The second-order valence-corrected chi connectivity index (χ2v) is 18.8. The molecule has 0 aliphatic heterocycles. The normalized spacial score (nSPS) is 12.3. The molecule has 74 heavy (non-hydrogen) atoms. The van der Waals surface area contributed by atoms with Crippen molar-refractivity contribution < 1.29 is 4.42 Å². The highest BCUT2D eigenvalue weighted by Gasteiger charge is 2.22. The average molecular weight is 957 g/mol. The molecule has 0 saturated carbocycles. The van der Waals surface area contributed by atoms with E-state index >= 15 is 0 Å². The summed E-state index contributed by atoms with van der Waals surface area (Å²) < 4.78 is 6.62. The highest BCUT2D eigenvalue weighted by Crippen LogP contribution is 2.43. The van der Waals surface area contributed by atoms with Crippen LogP contribution in [0, 0.1) is 6.92 Å². The fourth-order valence-electron chi connectivity index (χ4n) is 10.2. The molecule has 0 N–H and O–H groups in total. The molecule has 0 fully saturated rings. The first-order valence-electron chi connectivity index (χ1n) is 25.6. The van der Waals surface area contributed by atoms with Crippen molar-refractivity contribution in [1.29, 1.82) is 0 Å². The Morgan fingerprint density at radius 1 is 0.500 bits per heavy atom. The largest absolute Gasteiger partial charge is 0.456 e. The maximum absolute atomic E-state index is 6.62. The van der Waals surface area contributed by atoms with Gasteiger partial charge >= 0.3 is 0 Å². The van der Waals surface area contributed by atoms with Crippen LogP contribution in [0.5, 0.6) is 0 Å². The quantitative estimate of drug-likeness (QED) is 0.0961. The lowest BCUT2D eigenvalue weighted by Crippen LogP contribution is -2.06. The monoisotopic (exact) mass is 956 g/mol. The number of fused-ring (bicyclic) bond motifs is 3. The van der Waals surface area contributed by atoms with E-state index in [9.17, 15) is 0 Å². The Bertz CT molecular complexity index is 3800. The molecule has 0 amide bonds. The highest BCUT2D eigenvalue weighted by molar-refractivity contribution is 6.14. The predicted molar refractivity (Wildman–Crippen MR) is 309 cm³/mol. The van der Waals surface area contributed by atoms with Gasteiger partial charge in [-0.05, 0) is 112 Å². The minimum absolute atomic E-state index is 0.0388. The molecule has 11 rings (SSSR count). The zero-order chi connectivity index (χ0) is 50.4. The molecule has 0 radical (unpaired) electrons. The lowest BCUT2D eigenvalue weighted by molar-refractivity contribution is 0.669. The van der Waals surface area contributed by atoms with Gasteiger partial charge in [-0.15, -0.1) is 0 Å². The Labute approximate surface area is 434 Å². The van der Waals surface area contributed by atoms with Gasteiger partial charge in [-0.2, -0.15) is 0 Å². The SMILES string of the molecule is C=C(/N=C(\C=C(/CCC)c1ccccc1)c1ccccc1)C(CC)c1ccc(-c2ccc3oc4cccc(-c5cccc(-c6nc(-c7ccccc7)nc(-c7ccccc7)n6)c5)c4c3c2)cc1-c1ccccc1C. The molecule has 0 aliphatic carbocycles. The Morgan fingerprint density at radius 3 is 1.72 bits per heavy atom. The summed E-state index contributed by atoms with van der Waals surface area (Å²) >= 11 is 0. The van der Waals surface area contributed by atoms with Gasteiger partial charge in [0.2, 0.25) is 0 Å². The molecule has 1 unspecified atom stereocenters. The fourth-order valence-corrected chi connectivity index (χ4v) is 10.2. The summed E-state index contributed by atoms with van der Waals surface area (Å²) in [6.45, 7) is 11.4. The molecule has 0 aliphatic rings. The Hall–Kier alpha value is -9.06. The number of nitrogens with zero attached hydrogens (tertiary/aromatic N) is 4. The topological polar surface area (TPSA) is 64.2 Å². The molecule has 9 aromatic carbocycles. The van der Waals surface area contributed by atoms with Gasteiger partial charge in [-0.25, -0.2) is 15.0 Å². The van der Waals surface area contributed by atoms with Crippen LogP contribution in [0.3, 0.4) is 0 Å². The van der Waals surface area contributed by atoms with E-state index in [4.69, 9.17) is 30.9 Å². The van der Waals surface area contributed by atoms with E-state index < -0.39 is 0 Å². The summed E-state index contributed by atoms with van der Waals surface area (Å²) in [6, 6.07) is 78.3. The third kappa shape index (κ3) is 9.80. The van der Waals surface area contributed by atoms with Crippen LogP contribution in [0.2, 0.25) is 0 Å². The van der Waals surface area contributed by atoms with Gasteiger partial charge in [0.05, 0.1) is 5.71 Å². The summed E-state index contributed by atoms with van der Waals surface area (Å²) in [6.07, 6.45) is 5.08. The summed E-state index contributed by atoms with van der Waals surface area (Å²) in [4.78, 5) is 20.5. The van der Waals surface area contributed by atoms with Crippen LogP contribution >= 0.6 is 0 Å². The molecule has 5 heteroatoms. The van der Waals surface area contributed by atoms with Crippen molar-refractivity contribution in [2.75, 3.05) is 0 Å². The maximum Gasteiger partial charge on any atom is 0.164 e. The van der Waals surface area contributed by atoms with Crippen LogP contribution in [0.4, 0.5) is 0 Å². The zero-order valence-corrected chi connectivity index (χ0v) is 42.0. The summed E-state index contributed by atoms with van der Waals surface area (Å²) in [5, 5.41) is 2.10. The van der Waals surface area contributed by atoms with Gasteiger partial charge < -0.3 is 4.42 Å². The van der Waals surface area contributed by atoms with Crippen molar-refractivity contribution in [2.45, 2.75) is 46.0 Å². The highest BCUT2D eigenvalue weighted by atomic mass is 16.3. The first kappa shape index (κ1) is 47.3. The maximum atomic E-state index is 6.62. The molecule has 2 aromatic heterocycles. The molecule has 11 aromatic rings. The molecule has 0 bridgehead atoms. The number of aliphatic imine (C=N–C) groups is 1. The number of rotatable bonds is 15. The van der Waals surface area contributed by atoms with Crippen molar-refractivity contribution in [1.82, 2.24) is 15.0 Å². The van der Waals surface area contributed by atoms with E-state index in [1.54, 1.807) is 0 Å². The summed E-state index contributed by atoms with van der Waals surface area (Å²) in [7, 11) is 0. The number of hydrogen-bond acceptors (Lipinski definition) is 5. The molecular weight excluding hydrogens is 901 g/mol. The van der Waals surface area contributed by atoms with Crippen LogP contribution in [-0.4, -0.2) is 20.7 Å². The van der Waals surface area contributed by atoms with E-state index in [0.29, 0.717) is 17.5 Å². The van der Waals surface area contributed by atoms with Crippen molar-refractivity contribution in [3.05, 3.63) is 265 Å². The average Bonchev–Trinajstić information content (AvgIpc) is 3.85. The van der Waals surface area contributed by atoms with Crippen LogP contribution < -0.4 is 0 Å². The molecule has 0 spiro atoms. The van der Waals surface area contributed by atoms with Gasteiger partial charge in [-0.3, -0.25) is 4.99 Å². The van der Waals surface area contributed by atoms with Crippen molar-refractivity contribution in [3.63, 3.8) is 0 Å². The van der Waals surface area contributed by atoms with E-state index in [0.717, 1.165) is 97.1 Å². The molecule has 1 atom stereocenters. The standard InChI is InChI=1S/C69H56N4O/c1-5-23-52(48-25-11-7-12-26-48)45-63(49-27-13-8-14-28-49)70-47(4)57(6-2)60-40-38-53(43-61(60)58-35-20-19-24-46(58)3)54-39-41-64-62(44-54)66-59(36-22-37-65(66)74-64)55-33-21-34-56(42-55)69-72-67(50-29-15-9-16-30-50)71-68(73-69)51-31-17-10-18-32-51/h7-22,24-45,57H,4-6,23H2,1-3H3/b52-45+,70-63+. The lowest BCUT2D eigenvalue weighted by atomic mass is 9.84. The number of aromatic nitrogens is 3. The van der Waals surface area contributed by atoms with Crippen molar-refractivity contribution in [2.24, 2.45) is 4.99 Å². The van der Waals surface area contributed by atoms with Gasteiger partial charge in [0.25, 0.3) is 0 Å². The third-order valence-corrected chi connectivity index (χ3v) is 13.9. The van der Waals surface area contributed by atoms with E-state index in [1.165, 1.54) is 33.4 Å². The van der Waals surface area contributed by atoms with Crippen molar-refractivity contribution in [3.8, 4) is 67.5 Å². The minimum atomic E-state index is -0.0388. The van der Waals surface area contributed by atoms with Crippen LogP contribution in [0.25, 0.3) is 95.1 Å². The van der Waals surface area contributed by atoms with Crippen LogP contribution in [0.15, 0.2) is 252 Å². The number of allylic oxidation sites excluding steroid dienone is 3. The van der Waals surface area contributed by atoms with Gasteiger partial charge in [0.1, 0.15) is 11.2 Å². The Kier molecular flexibility index (Phi) is 13.6. The number of hydrogen-bond donors (Lipinski definition) is 0. The number of benzene rings is 9. The van der Waals surface area contributed by atoms with Gasteiger partial charge in [0, 0.05) is 44.6 Å². The fraction of sp³-hybridized carbons (Fsp3) is 0.101. The molecule has 0 saturated heterocycles. The Morgan fingerprint density at radius 2 is 1.05 bits per heavy atom. The van der Waals surface area contributed by atoms with Crippen LogP contribution in [-0.2, 0) is 0 Å². The third-order valence-electron chi connectivity index (χ3n) is 13.9. The van der Waals surface area contributed by atoms with Crippen molar-refractivity contribution >= 4 is 33.2 Å². The number of furan rings is 1. The molecule has 358 valence electrons. The molecule has 5 nitrogen and oxygen atoms in total. The van der Waals surface area contributed by atoms with E-state index in [1.807, 2.05) is 60.7 Å². The predicted octanol–water partition coefficient (Wildman–Crippen LogP) is 18.5. The molecule has 2 heterocycles. The second-order valence-electron chi connectivity index (χ2n) is 18.8. The summed E-state index contributed by atoms with van der Waals surface area (Å²) in [5.41, 5.74) is 18.8.